The highest BCUT2D eigenvalue weighted by Crippen LogP contribution is 2.34. The second-order valence-electron chi connectivity index (χ2n) is 5.11. The van der Waals surface area contributed by atoms with Gasteiger partial charge in [-0.3, -0.25) is 9.59 Å². The third kappa shape index (κ3) is 1.80. The average Bonchev–Trinajstić information content (AvgIpc) is 2.54. The monoisotopic (exact) mass is 399 g/mol. The van der Waals surface area contributed by atoms with E-state index in [4.69, 9.17) is 0 Å². The van der Waals surface area contributed by atoms with Gasteiger partial charge >= 0.3 is 0 Å². The molecule has 1 heterocycles. The van der Waals surface area contributed by atoms with Crippen molar-refractivity contribution in [1.29, 1.82) is 0 Å². The molecule has 3 nitrogen and oxygen atoms in total. The van der Waals surface area contributed by atoms with Gasteiger partial charge in [0.15, 0.2) is 0 Å². The number of amides is 2. The molecule has 0 spiro atoms. The molecule has 4 rings (SSSR count). The summed E-state index contributed by atoms with van der Waals surface area (Å²) in [6, 6.07) is 18.5. The number of anilines is 1. The van der Waals surface area contributed by atoms with Crippen LogP contribution in [0.1, 0.15) is 20.7 Å². The highest BCUT2D eigenvalue weighted by Gasteiger charge is 2.34. The van der Waals surface area contributed by atoms with E-state index in [1.54, 1.807) is 18.2 Å². The van der Waals surface area contributed by atoms with Crippen LogP contribution in [0.4, 0.5) is 5.69 Å². The predicted octanol–water partition coefficient (Wildman–Crippen LogP) is 4.25. The first kappa shape index (κ1) is 13.5. The summed E-state index contributed by atoms with van der Waals surface area (Å²) >= 11 is 2.14. The first-order valence-electron chi connectivity index (χ1n) is 6.83. The molecular formula is C18H10INO2. The maximum Gasteiger partial charge on any atom is 0.266 e. The van der Waals surface area contributed by atoms with Crippen molar-refractivity contribution in [3.8, 4) is 0 Å². The number of rotatable bonds is 1. The number of nitrogens with zero attached hydrogens (tertiary/aromatic N) is 1. The molecule has 0 N–H and O–H groups in total. The number of imide groups is 1. The van der Waals surface area contributed by atoms with Gasteiger partial charge in [-0.1, -0.05) is 36.4 Å². The van der Waals surface area contributed by atoms with Gasteiger partial charge in [0.25, 0.3) is 11.8 Å². The van der Waals surface area contributed by atoms with Crippen LogP contribution in [-0.2, 0) is 0 Å². The van der Waals surface area contributed by atoms with E-state index >= 15 is 0 Å². The zero-order chi connectivity index (χ0) is 15.3. The number of hydrogen-bond acceptors (Lipinski definition) is 2. The molecule has 0 unspecified atom stereocenters. The van der Waals surface area contributed by atoms with Crippen LogP contribution < -0.4 is 4.90 Å². The van der Waals surface area contributed by atoms with Crippen LogP contribution in [0.3, 0.4) is 0 Å². The maximum atomic E-state index is 12.9. The van der Waals surface area contributed by atoms with Crippen molar-refractivity contribution in [2.75, 3.05) is 4.90 Å². The van der Waals surface area contributed by atoms with E-state index < -0.39 is 0 Å². The Morgan fingerprint density at radius 2 is 1.32 bits per heavy atom. The van der Waals surface area contributed by atoms with Gasteiger partial charge in [0.2, 0.25) is 0 Å². The van der Waals surface area contributed by atoms with E-state index in [2.05, 4.69) is 22.6 Å². The van der Waals surface area contributed by atoms with Gasteiger partial charge in [0.05, 0.1) is 5.69 Å². The van der Waals surface area contributed by atoms with Crippen molar-refractivity contribution in [1.82, 2.24) is 0 Å². The van der Waals surface area contributed by atoms with Crippen LogP contribution in [0.15, 0.2) is 60.7 Å². The second kappa shape index (κ2) is 4.91. The Balaban J connectivity index is 2.02. The molecule has 3 aromatic carbocycles. The van der Waals surface area contributed by atoms with Crippen molar-refractivity contribution in [2.24, 2.45) is 0 Å². The molecule has 0 aromatic heterocycles. The van der Waals surface area contributed by atoms with Gasteiger partial charge in [-0.2, -0.15) is 0 Å². The lowest BCUT2D eigenvalue weighted by Gasteiger charge is -2.27. The number of halogens is 1. The normalized spacial score (nSPS) is 13.8. The van der Waals surface area contributed by atoms with Crippen LogP contribution in [0.5, 0.6) is 0 Å². The Morgan fingerprint density at radius 1 is 0.727 bits per heavy atom. The summed E-state index contributed by atoms with van der Waals surface area (Å²) in [7, 11) is 0. The Bertz CT molecular complexity index is 898. The van der Waals surface area contributed by atoms with Gasteiger partial charge in [-0.25, -0.2) is 4.90 Å². The summed E-state index contributed by atoms with van der Waals surface area (Å²) in [5.74, 6) is -0.531. The summed E-state index contributed by atoms with van der Waals surface area (Å²) in [6.07, 6.45) is 0. The molecule has 22 heavy (non-hydrogen) atoms. The summed E-state index contributed by atoms with van der Waals surface area (Å²) in [6.45, 7) is 0. The van der Waals surface area contributed by atoms with Crippen molar-refractivity contribution in [3.05, 3.63) is 75.4 Å². The van der Waals surface area contributed by atoms with Crippen molar-refractivity contribution < 1.29 is 9.59 Å². The molecular weight excluding hydrogens is 389 g/mol. The number of carbonyl (C=O) groups excluding carboxylic acids is 2. The first-order valence-corrected chi connectivity index (χ1v) is 7.91. The molecule has 106 valence electrons. The quantitative estimate of drug-likeness (QED) is 0.454. The molecule has 0 fully saturated rings. The van der Waals surface area contributed by atoms with Crippen molar-refractivity contribution >= 4 is 50.9 Å². The van der Waals surface area contributed by atoms with E-state index in [1.165, 1.54) is 4.90 Å². The molecule has 0 aliphatic carbocycles. The smallest absolute Gasteiger partial charge is 0.266 e. The van der Waals surface area contributed by atoms with E-state index in [1.807, 2.05) is 42.5 Å². The predicted molar refractivity (Wildman–Crippen MR) is 94.2 cm³/mol. The molecule has 0 bridgehead atoms. The van der Waals surface area contributed by atoms with E-state index in [0.717, 1.165) is 14.3 Å². The molecule has 1 aliphatic rings. The lowest BCUT2D eigenvalue weighted by atomic mass is 9.94. The summed E-state index contributed by atoms with van der Waals surface area (Å²) < 4.78 is 0.869. The third-order valence-corrected chi connectivity index (χ3v) is 4.78. The van der Waals surface area contributed by atoms with Gasteiger partial charge in [0, 0.05) is 20.1 Å². The summed E-state index contributed by atoms with van der Waals surface area (Å²) in [5.41, 5.74) is 1.78. The van der Waals surface area contributed by atoms with Gasteiger partial charge in [-0.15, -0.1) is 0 Å². The van der Waals surface area contributed by atoms with Gasteiger partial charge in [0.1, 0.15) is 0 Å². The third-order valence-electron chi connectivity index (χ3n) is 3.87. The zero-order valence-corrected chi connectivity index (χ0v) is 13.6. The number of hydrogen-bond donors (Lipinski definition) is 0. The standard InChI is InChI=1S/C18H10INO2/c19-14-9-1-2-10-15(14)20-17(21)12-7-3-5-11-6-4-8-13(16(11)12)18(20)22/h1-10H. The Labute approximate surface area is 140 Å². The molecule has 2 amide bonds. The highest BCUT2D eigenvalue weighted by molar-refractivity contribution is 14.1. The number of benzene rings is 3. The van der Waals surface area contributed by atoms with Crippen LogP contribution in [0.25, 0.3) is 10.8 Å². The molecule has 0 radical (unpaired) electrons. The molecule has 0 saturated carbocycles. The van der Waals surface area contributed by atoms with Gasteiger partial charge < -0.3 is 0 Å². The van der Waals surface area contributed by atoms with Crippen LogP contribution >= 0.6 is 22.6 Å². The fraction of sp³-hybridized carbons (Fsp3) is 0. The molecule has 0 saturated heterocycles. The SMILES string of the molecule is O=C1c2cccc3cccc(c23)C(=O)N1c1ccccc1I. The fourth-order valence-corrected chi connectivity index (χ4v) is 3.51. The van der Waals surface area contributed by atoms with Crippen molar-refractivity contribution in [3.63, 3.8) is 0 Å². The van der Waals surface area contributed by atoms with E-state index in [0.29, 0.717) is 16.8 Å². The van der Waals surface area contributed by atoms with Crippen LogP contribution in [0, 0.1) is 3.57 Å². The Morgan fingerprint density at radius 3 is 1.91 bits per heavy atom. The molecule has 0 atom stereocenters. The zero-order valence-electron chi connectivity index (χ0n) is 11.4. The Hall–Kier alpha value is -2.21. The lowest BCUT2D eigenvalue weighted by Crippen LogP contribution is -2.40. The minimum atomic E-state index is -0.265. The average molecular weight is 399 g/mol. The minimum Gasteiger partial charge on any atom is -0.268 e. The lowest BCUT2D eigenvalue weighted by molar-refractivity contribution is 0.0893. The molecule has 3 aromatic rings. The van der Waals surface area contributed by atoms with E-state index in [9.17, 15) is 9.59 Å². The fourth-order valence-electron chi connectivity index (χ4n) is 2.88. The topological polar surface area (TPSA) is 37.4 Å². The molecule has 4 heteroatoms. The Kier molecular flexibility index (Phi) is 3.00. The number of para-hydroxylation sites is 1. The number of carbonyl (C=O) groups is 2. The summed E-state index contributed by atoms with van der Waals surface area (Å²) in [5, 5.41) is 1.67. The van der Waals surface area contributed by atoms with Gasteiger partial charge in [-0.05, 0) is 52.2 Å². The first-order chi connectivity index (χ1) is 10.7. The second-order valence-corrected chi connectivity index (χ2v) is 6.27. The van der Waals surface area contributed by atoms with Crippen LogP contribution in [0.2, 0.25) is 0 Å². The van der Waals surface area contributed by atoms with E-state index in [-0.39, 0.29) is 11.8 Å². The summed E-state index contributed by atoms with van der Waals surface area (Å²) in [4.78, 5) is 27.0. The molecule has 1 aliphatic heterocycles. The largest absolute Gasteiger partial charge is 0.268 e. The highest BCUT2D eigenvalue weighted by atomic mass is 127. The van der Waals surface area contributed by atoms with Crippen LogP contribution in [-0.4, -0.2) is 11.8 Å². The van der Waals surface area contributed by atoms with Crippen molar-refractivity contribution in [2.45, 2.75) is 0 Å². The minimum absolute atomic E-state index is 0.265. The maximum absolute atomic E-state index is 12.9.